The Morgan fingerprint density at radius 1 is 1.05 bits per heavy atom. The fourth-order valence-corrected chi connectivity index (χ4v) is 1.76. The van der Waals surface area contributed by atoms with Crippen LogP contribution in [0.3, 0.4) is 0 Å². The van der Waals surface area contributed by atoms with Gasteiger partial charge in [-0.15, -0.1) is 0 Å². The van der Waals surface area contributed by atoms with Crippen molar-refractivity contribution in [1.29, 1.82) is 0 Å². The highest BCUT2D eigenvalue weighted by molar-refractivity contribution is 6.04. The summed E-state index contributed by atoms with van der Waals surface area (Å²) in [5.74, 6) is -0.863. The summed E-state index contributed by atoms with van der Waals surface area (Å²) in [7, 11) is 0. The van der Waals surface area contributed by atoms with Crippen LogP contribution in [0.2, 0.25) is 0 Å². The molecule has 0 spiro atoms. The van der Waals surface area contributed by atoms with Crippen LogP contribution >= 0.6 is 0 Å². The molecule has 1 aromatic carbocycles. The molecule has 1 rings (SSSR count). The molecule has 0 radical (unpaired) electrons. The van der Waals surface area contributed by atoms with Gasteiger partial charge in [0.15, 0.2) is 0 Å². The Morgan fingerprint density at radius 2 is 1.57 bits per heavy atom. The van der Waals surface area contributed by atoms with Gasteiger partial charge in [-0.05, 0) is 44.4 Å². The molecule has 0 saturated heterocycles. The Kier molecular flexibility index (Phi) is 6.34. The van der Waals surface area contributed by atoms with Gasteiger partial charge in [0.2, 0.25) is 11.8 Å². The summed E-state index contributed by atoms with van der Waals surface area (Å²) in [5, 5.41) is 5.48. The Balaban J connectivity index is 2.45. The average Bonchev–Trinajstić information content (AvgIpc) is 2.46. The maximum Gasteiger partial charge on any atom is 0.235 e. The first-order valence-electron chi connectivity index (χ1n) is 7.19. The number of nitrogens with one attached hydrogen (secondary N) is 2. The lowest BCUT2D eigenvalue weighted by atomic mass is 9.91. The number of carbonyl (C=O) groups excluding carboxylic acids is 2. The van der Waals surface area contributed by atoms with E-state index in [1.165, 1.54) is 12.1 Å². The zero-order valence-corrected chi connectivity index (χ0v) is 12.8. The van der Waals surface area contributed by atoms with E-state index in [0.29, 0.717) is 19.5 Å². The summed E-state index contributed by atoms with van der Waals surface area (Å²) in [5.41, 5.74) is -0.164. The molecule has 0 saturated carbocycles. The smallest absolute Gasteiger partial charge is 0.235 e. The molecule has 4 nitrogen and oxygen atoms in total. The van der Waals surface area contributed by atoms with Crippen LogP contribution in [0.15, 0.2) is 24.3 Å². The molecule has 2 N–H and O–H groups in total. The molecule has 1 aromatic rings. The first-order chi connectivity index (χ1) is 9.87. The third-order valence-electron chi connectivity index (χ3n) is 3.28. The summed E-state index contributed by atoms with van der Waals surface area (Å²) in [6.07, 6.45) is 1.42. The van der Waals surface area contributed by atoms with Gasteiger partial charge in [-0.3, -0.25) is 9.59 Å². The van der Waals surface area contributed by atoms with Crippen molar-refractivity contribution in [2.45, 2.75) is 33.6 Å². The van der Waals surface area contributed by atoms with Crippen LogP contribution in [-0.2, 0) is 16.0 Å². The predicted octanol–water partition coefficient (Wildman–Crippen LogP) is 2.04. The molecular weight excluding hydrogens is 271 g/mol. The van der Waals surface area contributed by atoms with Crippen molar-refractivity contribution in [3.05, 3.63) is 35.6 Å². The Labute approximate surface area is 125 Å². The van der Waals surface area contributed by atoms with Gasteiger partial charge >= 0.3 is 0 Å². The van der Waals surface area contributed by atoms with E-state index in [1.54, 1.807) is 26.0 Å². The maximum atomic E-state index is 12.8. The molecule has 0 unspecified atom stereocenters. The predicted molar refractivity (Wildman–Crippen MR) is 80.2 cm³/mol. The van der Waals surface area contributed by atoms with Crippen molar-refractivity contribution in [2.75, 3.05) is 13.1 Å². The molecule has 0 aliphatic heterocycles. The first kappa shape index (κ1) is 17.1. The summed E-state index contributed by atoms with van der Waals surface area (Å²) < 4.78 is 12.8. The normalized spacial score (nSPS) is 11.0. The van der Waals surface area contributed by atoms with Crippen molar-refractivity contribution >= 4 is 11.8 Å². The van der Waals surface area contributed by atoms with Gasteiger partial charge < -0.3 is 10.6 Å². The Hall–Kier alpha value is -1.91. The molecule has 0 bridgehead atoms. The van der Waals surface area contributed by atoms with E-state index in [0.717, 1.165) is 12.0 Å². The number of hydrogen-bond acceptors (Lipinski definition) is 2. The second kappa shape index (κ2) is 7.76. The zero-order chi connectivity index (χ0) is 15.9. The summed E-state index contributed by atoms with van der Waals surface area (Å²) >= 11 is 0. The minimum atomic E-state index is -1.10. The second-order valence-corrected chi connectivity index (χ2v) is 5.51. The van der Waals surface area contributed by atoms with Gasteiger partial charge in [0.25, 0.3) is 0 Å². The zero-order valence-electron chi connectivity index (χ0n) is 12.8. The van der Waals surface area contributed by atoms with Crippen LogP contribution in [0.1, 0.15) is 32.8 Å². The minimum Gasteiger partial charge on any atom is -0.355 e. The second-order valence-electron chi connectivity index (χ2n) is 5.51. The van der Waals surface area contributed by atoms with E-state index < -0.39 is 5.41 Å². The summed E-state index contributed by atoms with van der Waals surface area (Å²) in [6.45, 7) is 6.13. The van der Waals surface area contributed by atoms with Gasteiger partial charge in [-0.1, -0.05) is 19.1 Å². The Morgan fingerprint density at radius 3 is 2.10 bits per heavy atom. The lowest BCUT2D eigenvalue weighted by Crippen LogP contribution is -2.48. The van der Waals surface area contributed by atoms with Crippen LogP contribution < -0.4 is 10.6 Å². The highest BCUT2D eigenvalue weighted by atomic mass is 19.1. The molecule has 2 amide bonds. The highest BCUT2D eigenvalue weighted by Crippen LogP contribution is 2.15. The molecule has 116 valence electrons. The SMILES string of the molecule is CCCNC(=O)C(C)(C)C(=O)NCCc1ccc(F)cc1. The van der Waals surface area contributed by atoms with Gasteiger partial charge in [0.1, 0.15) is 11.2 Å². The third-order valence-corrected chi connectivity index (χ3v) is 3.28. The van der Waals surface area contributed by atoms with E-state index in [1.807, 2.05) is 6.92 Å². The molecular formula is C16H23FN2O2. The van der Waals surface area contributed by atoms with Gasteiger partial charge in [0, 0.05) is 13.1 Å². The number of carbonyl (C=O) groups is 2. The van der Waals surface area contributed by atoms with E-state index >= 15 is 0 Å². The lowest BCUT2D eigenvalue weighted by Gasteiger charge is -2.22. The number of halogens is 1. The van der Waals surface area contributed by atoms with Crippen molar-refractivity contribution < 1.29 is 14.0 Å². The van der Waals surface area contributed by atoms with Crippen LogP contribution in [0.4, 0.5) is 4.39 Å². The highest BCUT2D eigenvalue weighted by Gasteiger charge is 2.35. The first-order valence-corrected chi connectivity index (χ1v) is 7.19. The standard InChI is InChI=1S/C16H23FN2O2/c1-4-10-18-14(20)16(2,3)15(21)19-11-9-12-5-7-13(17)8-6-12/h5-8H,4,9-11H2,1-3H3,(H,18,20)(H,19,21). The molecule has 0 heterocycles. The fourth-order valence-electron chi connectivity index (χ4n) is 1.76. The monoisotopic (exact) mass is 294 g/mol. The van der Waals surface area contributed by atoms with Crippen LogP contribution in [0, 0.1) is 11.2 Å². The van der Waals surface area contributed by atoms with Crippen molar-refractivity contribution in [2.24, 2.45) is 5.41 Å². The van der Waals surface area contributed by atoms with E-state index in [4.69, 9.17) is 0 Å². The van der Waals surface area contributed by atoms with Crippen molar-refractivity contribution in [1.82, 2.24) is 10.6 Å². The summed E-state index contributed by atoms with van der Waals surface area (Å²) in [4.78, 5) is 24.0. The van der Waals surface area contributed by atoms with Gasteiger partial charge in [0.05, 0.1) is 0 Å². The van der Waals surface area contributed by atoms with Gasteiger partial charge in [-0.25, -0.2) is 4.39 Å². The van der Waals surface area contributed by atoms with Crippen LogP contribution in [-0.4, -0.2) is 24.9 Å². The van der Waals surface area contributed by atoms with E-state index in [9.17, 15) is 14.0 Å². The lowest BCUT2D eigenvalue weighted by molar-refractivity contribution is -0.141. The Bertz CT molecular complexity index is 484. The molecule has 21 heavy (non-hydrogen) atoms. The van der Waals surface area contributed by atoms with Crippen LogP contribution in [0.25, 0.3) is 0 Å². The van der Waals surface area contributed by atoms with E-state index in [-0.39, 0.29) is 17.6 Å². The maximum absolute atomic E-state index is 12.8. The quantitative estimate of drug-likeness (QED) is 0.756. The fraction of sp³-hybridized carbons (Fsp3) is 0.500. The average molecular weight is 294 g/mol. The van der Waals surface area contributed by atoms with Gasteiger partial charge in [-0.2, -0.15) is 0 Å². The minimum absolute atomic E-state index is 0.274. The summed E-state index contributed by atoms with van der Waals surface area (Å²) in [6, 6.07) is 6.14. The number of hydrogen-bond donors (Lipinski definition) is 2. The number of rotatable bonds is 7. The molecule has 0 aliphatic carbocycles. The largest absolute Gasteiger partial charge is 0.355 e. The molecule has 5 heteroatoms. The molecule has 0 aliphatic rings. The number of amides is 2. The van der Waals surface area contributed by atoms with Crippen molar-refractivity contribution in [3.63, 3.8) is 0 Å². The molecule has 0 fully saturated rings. The third kappa shape index (κ3) is 5.17. The van der Waals surface area contributed by atoms with Crippen molar-refractivity contribution in [3.8, 4) is 0 Å². The number of benzene rings is 1. The van der Waals surface area contributed by atoms with E-state index in [2.05, 4.69) is 10.6 Å². The topological polar surface area (TPSA) is 58.2 Å². The van der Waals surface area contributed by atoms with Crippen LogP contribution in [0.5, 0.6) is 0 Å². The molecule has 0 aromatic heterocycles. The molecule has 0 atom stereocenters.